The van der Waals surface area contributed by atoms with Gasteiger partial charge in [-0.2, -0.15) is 5.26 Å². The van der Waals surface area contributed by atoms with Crippen molar-refractivity contribution in [1.29, 1.82) is 5.26 Å². The first-order valence-electron chi connectivity index (χ1n) is 8.65. The third kappa shape index (κ3) is 3.97. The third-order valence-electron chi connectivity index (χ3n) is 4.66. The predicted molar refractivity (Wildman–Crippen MR) is 96.9 cm³/mol. The molecular weight excluding hydrogens is 312 g/mol. The van der Waals surface area contributed by atoms with Gasteiger partial charge in [0.1, 0.15) is 11.9 Å². The lowest BCUT2D eigenvalue weighted by Crippen LogP contribution is -2.42. The number of rotatable bonds is 4. The molecule has 0 aliphatic carbocycles. The molecule has 5 nitrogen and oxygen atoms in total. The molecule has 0 N–H and O–H groups in total. The molecule has 25 heavy (non-hydrogen) atoms. The van der Waals surface area contributed by atoms with E-state index in [-0.39, 0.29) is 11.9 Å². The molecule has 1 aromatic heterocycles. The standard InChI is InChI=1S/C20H22N4O/c1-2-18-15-23(19-9-8-17(12-21)13-22-19)11-10-20(25)24(18)14-16-6-4-3-5-7-16/h3-9,13,18H,2,10-11,14-15H2,1H3/t18-/m0/s1. The van der Waals surface area contributed by atoms with Crippen LogP contribution in [0.1, 0.15) is 30.9 Å². The third-order valence-corrected chi connectivity index (χ3v) is 4.66. The molecule has 1 aromatic carbocycles. The highest BCUT2D eigenvalue weighted by Gasteiger charge is 2.29. The molecule has 0 unspecified atom stereocenters. The van der Waals surface area contributed by atoms with Crippen molar-refractivity contribution in [2.24, 2.45) is 0 Å². The summed E-state index contributed by atoms with van der Waals surface area (Å²) in [7, 11) is 0. The summed E-state index contributed by atoms with van der Waals surface area (Å²) in [5.74, 6) is 1.01. The fourth-order valence-electron chi connectivity index (χ4n) is 3.22. The Labute approximate surface area is 148 Å². The van der Waals surface area contributed by atoms with Crippen molar-refractivity contribution in [3.05, 3.63) is 59.8 Å². The summed E-state index contributed by atoms with van der Waals surface area (Å²) in [5.41, 5.74) is 1.70. The minimum absolute atomic E-state index is 0.146. The van der Waals surface area contributed by atoms with Gasteiger partial charge in [-0.1, -0.05) is 37.3 Å². The van der Waals surface area contributed by atoms with Gasteiger partial charge in [0.05, 0.1) is 5.56 Å². The summed E-state index contributed by atoms with van der Waals surface area (Å²) >= 11 is 0. The molecule has 1 amide bonds. The van der Waals surface area contributed by atoms with Crippen LogP contribution in [0.4, 0.5) is 5.82 Å². The first-order valence-corrected chi connectivity index (χ1v) is 8.65. The van der Waals surface area contributed by atoms with Gasteiger partial charge in [-0.15, -0.1) is 0 Å². The molecule has 128 valence electrons. The molecule has 5 heteroatoms. The van der Waals surface area contributed by atoms with Gasteiger partial charge in [-0.3, -0.25) is 4.79 Å². The van der Waals surface area contributed by atoms with Gasteiger partial charge in [0.15, 0.2) is 0 Å². The average molecular weight is 334 g/mol. The zero-order chi connectivity index (χ0) is 17.6. The molecule has 1 saturated heterocycles. The van der Waals surface area contributed by atoms with Crippen molar-refractivity contribution in [3.8, 4) is 6.07 Å². The van der Waals surface area contributed by atoms with Crippen LogP contribution in [0.25, 0.3) is 0 Å². The first kappa shape index (κ1) is 17.0. The SMILES string of the molecule is CC[C@H]1CN(c2ccc(C#N)cn2)CCC(=O)N1Cc1ccccc1. The average Bonchev–Trinajstić information content (AvgIpc) is 2.82. The Morgan fingerprint density at radius 3 is 2.68 bits per heavy atom. The molecule has 1 aliphatic rings. The molecule has 0 saturated carbocycles. The van der Waals surface area contributed by atoms with Crippen LogP contribution in [-0.2, 0) is 11.3 Å². The van der Waals surface area contributed by atoms with Crippen LogP contribution in [0.3, 0.4) is 0 Å². The molecule has 2 heterocycles. The molecular formula is C20H22N4O. The van der Waals surface area contributed by atoms with E-state index in [0.717, 1.165) is 24.3 Å². The largest absolute Gasteiger partial charge is 0.354 e. The highest BCUT2D eigenvalue weighted by Crippen LogP contribution is 2.21. The van der Waals surface area contributed by atoms with Crippen LogP contribution in [0.15, 0.2) is 48.7 Å². The number of nitrogens with zero attached hydrogens (tertiary/aromatic N) is 4. The van der Waals surface area contributed by atoms with Crippen LogP contribution in [-0.4, -0.2) is 34.9 Å². The normalized spacial score (nSPS) is 17.9. The van der Waals surface area contributed by atoms with E-state index in [1.807, 2.05) is 29.2 Å². The Balaban J connectivity index is 1.79. The van der Waals surface area contributed by atoms with E-state index in [2.05, 4.69) is 35.0 Å². The fraction of sp³-hybridized carbons (Fsp3) is 0.350. The molecule has 1 atom stereocenters. The second-order valence-electron chi connectivity index (χ2n) is 6.28. The number of benzene rings is 1. The molecule has 3 rings (SSSR count). The Kier molecular flexibility index (Phi) is 5.30. The van der Waals surface area contributed by atoms with E-state index in [1.54, 1.807) is 12.3 Å². The van der Waals surface area contributed by atoms with Crippen LogP contribution >= 0.6 is 0 Å². The van der Waals surface area contributed by atoms with E-state index in [1.165, 1.54) is 0 Å². The molecule has 0 spiro atoms. The Morgan fingerprint density at radius 1 is 1.24 bits per heavy atom. The highest BCUT2D eigenvalue weighted by molar-refractivity contribution is 5.78. The van der Waals surface area contributed by atoms with E-state index in [0.29, 0.717) is 25.1 Å². The quantitative estimate of drug-likeness (QED) is 0.862. The first-order chi connectivity index (χ1) is 12.2. The second-order valence-corrected chi connectivity index (χ2v) is 6.28. The summed E-state index contributed by atoms with van der Waals surface area (Å²) in [6, 6.07) is 16.0. The van der Waals surface area contributed by atoms with Gasteiger partial charge < -0.3 is 9.80 Å². The Bertz CT molecular complexity index is 752. The molecule has 2 aromatic rings. The summed E-state index contributed by atoms with van der Waals surface area (Å²) in [6.45, 7) is 4.17. The smallest absolute Gasteiger partial charge is 0.224 e. The van der Waals surface area contributed by atoms with Crippen LogP contribution in [0.5, 0.6) is 0 Å². The summed E-state index contributed by atoms with van der Waals surface area (Å²) in [6.07, 6.45) is 2.96. The van der Waals surface area contributed by atoms with Gasteiger partial charge in [-0.05, 0) is 24.1 Å². The summed E-state index contributed by atoms with van der Waals surface area (Å²) in [4.78, 5) is 21.2. The van der Waals surface area contributed by atoms with Crippen LogP contribution in [0.2, 0.25) is 0 Å². The number of hydrogen-bond acceptors (Lipinski definition) is 4. The fourth-order valence-corrected chi connectivity index (χ4v) is 3.22. The number of amides is 1. The lowest BCUT2D eigenvalue weighted by molar-refractivity contribution is -0.133. The van der Waals surface area contributed by atoms with Crippen LogP contribution < -0.4 is 4.90 Å². The number of carbonyl (C=O) groups is 1. The number of nitriles is 1. The van der Waals surface area contributed by atoms with Crippen molar-refractivity contribution in [2.75, 3.05) is 18.0 Å². The second kappa shape index (κ2) is 7.80. The Hall–Kier alpha value is -2.87. The van der Waals surface area contributed by atoms with Crippen molar-refractivity contribution in [2.45, 2.75) is 32.4 Å². The number of carbonyl (C=O) groups excluding carboxylic acids is 1. The Morgan fingerprint density at radius 2 is 2.04 bits per heavy atom. The van der Waals surface area contributed by atoms with E-state index < -0.39 is 0 Å². The molecule has 1 aliphatic heterocycles. The lowest BCUT2D eigenvalue weighted by atomic mass is 10.1. The molecule has 0 radical (unpaired) electrons. The zero-order valence-electron chi connectivity index (χ0n) is 14.4. The number of hydrogen-bond donors (Lipinski definition) is 0. The van der Waals surface area contributed by atoms with Gasteiger partial charge >= 0.3 is 0 Å². The maximum absolute atomic E-state index is 12.7. The minimum Gasteiger partial charge on any atom is -0.354 e. The van der Waals surface area contributed by atoms with Crippen LogP contribution in [0, 0.1) is 11.3 Å². The zero-order valence-corrected chi connectivity index (χ0v) is 14.4. The highest BCUT2D eigenvalue weighted by atomic mass is 16.2. The molecule has 1 fully saturated rings. The van der Waals surface area contributed by atoms with Crippen molar-refractivity contribution in [3.63, 3.8) is 0 Å². The molecule has 0 bridgehead atoms. The van der Waals surface area contributed by atoms with Crippen molar-refractivity contribution < 1.29 is 4.79 Å². The lowest BCUT2D eigenvalue weighted by Gasteiger charge is -2.31. The topological polar surface area (TPSA) is 60.2 Å². The van der Waals surface area contributed by atoms with Gasteiger partial charge in [0, 0.05) is 38.3 Å². The van der Waals surface area contributed by atoms with Gasteiger partial charge in [-0.25, -0.2) is 4.98 Å². The van der Waals surface area contributed by atoms with Gasteiger partial charge in [0.25, 0.3) is 0 Å². The maximum atomic E-state index is 12.7. The predicted octanol–water partition coefficient (Wildman–Crippen LogP) is 2.97. The van der Waals surface area contributed by atoms with E-state index in [9.17, 15) is 4.79 Å². The number of aromatic nitrogens is 1. The summed E-state index contributed by atoms with van der Waals surface area (Å²) < 4.78 is 0. The maximum Gasteiger partial charge on any atom is 0.224 e. The minimum atomic E-state index is 0.146. The van der Waals surface area contributed by atoms with Crippen molar-refractivity contribution in [1.82, 2.24) is 9.88 Å². The number of pyridine rings is 1. The van der Waals surface area contributed by atoms with Crippen molar-refractivity contribution >= 4 is 11.7 Å². The van der Waals surface area contributed by atoms with E-state index >= 15 is 0 Å². The monoisotopic (exact) mass is 334 g/mol. The van der Waals surface area contributed by atoms with Gasteiger partial charge in [0.2, 0.25) is 5.91 Å². The summed E-state index contributed by atoms with van der Waals surface area (Å²) in [5, 5.41) is 8.92. The van der Waals surface area contributed by atoms with E-state index in [4.69, 9.17) is 5.26 Å². The number of anilines is 1.